The molecule has 7 nitrogen and oxygen atoms in total. The van der Waals surface area contributed by atoms with Crippen LogP contribution in [-0.4, -0.2) is 40.3 Å². The van der Waals surface area contributed by atoms with Crippen molar-refractivity contribution in [2.24, 2.45) is 5.92 Å². The van der Waals surface area contributed by atoms with Crippen LogP contribution in [0.15, 0.2) is 29.2 Å². The van der Waals surface area contributed by atoms with Crippen LogP contribution in [0.2, 0.25) is 0 Å². The predicted molar refractivity (Wildman–Crippen MR) is 107 cm³/mol. The highest BCUT2D eigenvalue weighted by atomic mass is 16.5. The lowest BCUT2D eigenvalue weighted by Gasteiger charge is -2.22. The molecule has 3 aromatic heterocycles. The fraction of sp³-hybridized carbons (Fsp3) is 0.429. The fourth-order valence-corrected chi connectivity index (χ4v) is 3.75. The monoisotopic (exact) mass is 380 g/mol. The second-order valence-electron chi connectivity index (χ2n) is 7.25. The number of pyridine rings is 2. The average molecular weight is 380 g/mol. The maximum atomic E-state index is 13.0. The molecule has 1 aliphatic carbocycles. The third-order valence-electron chi connectivity index (χ3n) is 5.33. The molecule has 1 fully saturated rings. The summed E-state index contributed by atoms with van der Waals surface area (Å²) in [5, 5.41) is 0. The topological polar surface area (TPSA) is 79.1 Å². The number of aromatic nitrogens is 4. The first-order valence-corrected chi connectivity index (χ1v) is 9.44. The minimum Gasteiger partial charge on any atom is -0.481 e. The van der Waals surface area contributed by atoms with Gasteiger partial charge in [0.05, 0.1) is 36.7 Å². The zero-order valence-corrected chi connectivity index (χ0v) is 16.6. The molecule has 7 heteroatoms. The molecule has 0 spiro atoms. The molecule has 0 aliphatic heterocycles. The summed E-state index contributed by atoms with van der Waals surface area (Å²) in [7, 11) is 3.27. The van der Waals surface area contributed by atoms with Crippen LogP contribution in [-0.2, 0) is 4.74 Å². The average Bonchev–Trinajstić information content (AvgIpc) is 3.53. The zero-order chi connectivity index (χ0) is 19.8. The van der Waals surface area contributed by atoms with Gasteiger partial charge in [0.25, 0.3) is 5.56 Å². The summed E-state index contributed by atoms with van der Waals surface area (Å²) in [6.45, 7) is 4.17. The molecule has 0 amide bonds. The number of hydrogen-bond acceptors (Lipinski definition) is 6. The number of methoxy groups -OCH3 is 2. The molecule has 4 rings (SSSR count). The SMILES string of the molecule is COC[C@@H](C1CC1)n1c(=O)c(C)nc2c(-c3ccc(OC)nc3C)nccc21. The third-order valence-corrected chi connectivity index (χ3v) is 5.33. The summed E-state index contributed by atoms with van der Waals surface area (Å²) in [6.07, 6.45) is 3.95. The summed E-state index contributed by atoms with van der Waals surface area (Å²) >= 11 is 0. The largest absolute Gasteiger partial charge is 0.481 e. The van der Waals surface area contributed by atoms with Gasteiger partial charge in [0, 0.05) is 24.9 Å². The molecule has 0 unspecified atom stereocenters. The van der Waals surface area contributed by atoms with Gasteiger partial charge >= 0.3 is 0 Å². The lowest BCUT2D eigenvalue weighted by atomic mass is 10.1. The predicted octanol–water partition coefficient (Wildman–Crippen LogP) is 3.08. The molecule has 3 heterocycles. The molecule has 3 aromatic rings. The minimum atomic E-state index is -0.0665. The summed E-state index contributed by atoms with van der Waals surface area (Å²) in [4.78, 5) is 26.7. The van der Waals surface area contributed by atoms with E-state index in [1.54, 1.807) is 27.3 Å². The molecular weight excluding hydrogens is 356 g/mol. The standard InChI is InChI=1S/C21H24N4O3/c1-12-15(7-8-18(23-12)28-4)19-20-16(9-10-22-19)25(21(26)13(2)24-20)17(11-27-3)14-5-6-14/h7-10,14,17H,5-6,11H2,1-4H3/t17-/m0/s1. The van der Waals surface area contributed by atoms with Gasteiger partial charge in [0.15, 0.2) is 0 Å². The molecular formula is C21H24N4O3. The Hall–Kier alpha value is -2.80. The van der Waals surface area contributed by atoms with Gasteiger partial charge in [0.1, 0.15) is 11.2 Å². The van der Waals surface area contributed by atoms with E-state index in [9.17, 15) is 4.79 Å². The Morgan fingerprint density at radius 2 is 1.93 bits per heavy atom. The summed E-state index contributed by atoms with van der Waals surface area (Å²) < 4.78 is 12.5. The first kappa shape index (κ1) is 18.6. The van der Waals surface area contributed by atoms with Crippen molar-refractivity contribution < 1.29 is 9.47 Å². The lowest BCUT2D eigenvalue weighted by Crippen LogP contribution is -2.31. The van der Waals surface area contributed by atoms with E-state index in [2.05, 4.69) is 15.0 Å². The van der Waals surface area contributed by atoms with Crippen LogP contribution in [0.3, 0.4) is 0 Å². The second-order valence-corrected chi connectivity index (χ2v) is 7.25. The van der Waals surface area contributed by atoms with Crippen LogP contribution in [0, 0.1) is 19.8 Å². The molecule has 0 bridgehead atoms. The Balaban J connectivity index is 1.97. The number of fused-ring (bicyclic) bond motifs is 1. The van der Waals surface area contributed by atoms with E-state index in [1.807, 2.05) is 29.7 Å². The Labute approximate surface area is 163 Å². The Bertz CT molecular complexity index is 1090. The number of nitrogens with zero attached hydrogens (tertiary/aromatic N) is 4. The maximum Gasteiger partial charge on any atom is 0.272 e. The fourth-order valence-electron chi connectivity index (χ4n) is 3.75. The first-order valence-electron chi connectivity index (χ1n) is 9.44. The third kappa shape index (κ3) is 3.16. The van der Waals surface area contributed by atoms with Crippen molar-refractivity contribution >= 4 is 11.0 Å². The zero-order valence-electron chi connectivity index (χ0n) is 16.6. The van der Waals surface area contributed by atoms with Crippen LogP contribution >= 0.6 is 0 Å². The van der Waals surface area contributed by atoms with Crippen molar-refractivity contribution in [1.29, 1.82) is 0 Å². The Morgan fingerprint density at radius 3 is 2.57 bits per heavy atom. The van der Waals surface area contributed by atoms with Crippen molar-refractivity contribution in [3.05, 3.63) is 46.1 Å². The maximum absolute atomic E-state index is 13.0. The lowest BCUT2D eigenvalue weighted by molar-refractivity contribution is 0.145. The Kier molecular flexibility index (Phi) is 4.85. The van der Waals surface area contributed by atoms with E-state index < -0.39 is 0 Å². The molecule has 146 valence electrons. The van der Waals surface area contributed by atoms with Crippen LogP contribution in [0.5, 0.6) is 5.88 Å². The summed E-state index contributed by atoms with van der Waals surface area (Å²) in [5.41, 5.74) is 4.27. The number of ether oxygens (including phenoxy) is 2. The highest BCUT2D eigenvalue weighted by Crippen LogP contribution is 2.40. The number of aryl methyl sites for hydroxylation is 2. The smallest absolute Gasteiger partial charge is 0.272 e. The van der Waals surface area contributed by atoms with Gasteiger partial charge in [-0.1, -0.05) is 0 Å². The minimum absolute atomic E-state index is 0.00652. The van der Waals surface area contributed by atoms with Gasteiger partial charge in [-0.3, -0.25) is 14.3 Å². The van der Waals surface area contributed by atoms with Gasteiger partial charge in [-0.15, -0.1) is 0 Å². The van der Waals surface area contributed by atoms with Crippen molar-refractivity contribution in [1.82, 2.24) is 19.5 Å². The molecule has 0 N–H and O–H groups in total. The van der Waals surface area contributed by atoms with Crippen molar-refractivity contribution in [3.8, 4) is 17.1 Å². The molecule has 28 heavy (non-hydrogen) atoms. The van der Waals surface area contributed by atoms with E-state index in [4.69, 9.17) is 9.47 Å². The highest BCUT2D eigenvalue weighted by molar-refractivity contribution is 5.90. The van der Waals surface area contributed by atoms with Crippen LogP contribution in [0.4, 0.5) is 0 Å². The van der Waals surface area contributed by atoms with E-state index in [0.717, 1.165) is 29.6 Å². The first-order chi connectivity index (χ1) is 13.5. The van der Waals surface area contributed by atoms with Crippen LogP contribution in [0.1, 0.15) is 30.3 Å². The van der Waals surface area contributed by atoms with E-state index in [1.165, 1.54) is 0 Å². The van der Waals surface area contributed by atoms with Gasteiger partial charge in [0.2, 0.25) is 5.88 Å². The van der Waals surface area contributed by atoms with Crippen LogP contribution in [0.25, 0.3) is 22.3 Å². The van der Waals surface area contributed by atoms with Crippen molar-refractivity contribution in [2.45, 2.75) is 32.7 Å². The molecule has 0 radical (unpaired) electrons. The van der Waals surface area contributed by atoms with Gasteiger partial charge < -0.3 is 9.47 Å². The molecule has 1 aliphatic rings. The van der Waals surface area contributed by atoms with Crippen LogP contribution < -0.4 is 10.3 Å². The summed E-state index contributed by atoms with van der Waals surface area (Å²) in [6, 6.07) is 5.61. The van der Waals surface area contributed by atoms with Gasteiger partial charge in [-0.05, 0) is 44.7 Å². The highest BCUT2D eigenvalue weighted by Gasteiger charge is 2.34. The van der Waals surface area contributed by atoms with E-state index in [-0.39, 0.29) is 11.6 Å². The Morgan fingerprint density at radius 1 is 1.14 bits per heavy atom. The normalized spacial score (nSPS) is 15.0. The molecule has 1 atom stereocenters. The number of hydrogen-bond donors (Lipinski definition) is 0. The summed E-state index contributed by atoms with van der Waals surface area (Å²) in [5.74, 6) is 1.01. The second kappa shape index (κ2) is 7.31. The molecule has 1 saturated carbocycles. The van der Waals surface area contributed by atoms with E-state index in [0.29, 0.717) is 35.3 Å². The van der Waals surface area contributed by atoms with Crippen molar-refractivity contribution in [2.75, 3.05) is 20.8 Å². The van der Waals surface area contributed by atoms with Crippen molar-refractivity contribution in [3.63, 3.8) is 0 Å². The molecule has 0 saturated heterocycles. The molecule has 0 aromatic carbocycles. The van der Waals surface area contributed by atoms with Gasteiger partial charge in [-0.2, -0.15) is 0 Å². The van der Waals surface area contributed by atoms with Gasteiger partial charge in [-0.25, -0.2) is 9.97 Å². The number of rotatable bonds is 6. The van der Waals surface area contributed by atoms with E-state index >= 15 is 0 Å². The quantitative estimate of drug-likeness (QED) is 0.654.